The molecule has 2 aliphatic carbocycles. The van der Waals surface area contributed by atoms with E-state index in [4.69, 9.17) is 11.6 Å². The van der Waals surface area contributed by atoms with Crippen molar-refractivity contribution in [2.75, 3.05) is 9.80 Å². The number of phenols is 1. The summed E-state index contributed by atoms with van der Waals surface area (Å²) in [7, 11) is 0. The van der Waals surface area contributed by atoms with Crippen LogP contribution in [0, 0.1) is 23.7 Å². The Kier molecular flexibility index (Phi) is 7.50. The smallest absolute Gasteiger partial charge is 0.246 e. The van der Waals surface area contributed by atoms with Crippen LogP contribution in [0.3, 0.4) is 0 Å². The predicted molar refractivity (Wildman–Crippen MR) is 191 cm³/mol. The summed E-state index contributed by atoms with van der Waals surface area (Å²) in [6.45, 7) is 3.79. The van der Waals surface area contributed by atoms with E-state index in [-0.39, 0.29) is 30.4 Å². The zero-order valence-corrected chi connectivity index (χ0v) is 28.5. The van der Waals surface area contributed by atoms with Gasteiger partial charge in [-0.2, -0.15) is 0 Å². The highest BCUT2D eigenvalue weighted by Crippen LogP contribution is 2.65. The number of hydrogen-bond acceptors (Lipinski definition) is 5. The van der Waals surface area contributed by atoms with E-state index in [1.165, 1.54) is 9.80 Å². The zero-order chi connectivity index (χ0) is 34.2. The van der Waals surface area contributed by atoms with E-state index in [1.54, 1.807) is 60.7 Å². The Bertz CT molecular complexity index is 2110. The molecule has 4 aromatic rings. The average Bonchev–Trinajstić information content (AvgIpc) is 3.50. The van der Waals surface area contributed by atoms with E-state index >= 15 is 4.79 Å². The summed E-state index contributed by atoms with van der Waals surface area (Å²) >= 11 is 9.95. The van der Waals surface area contributed by atoms with Crippen molar-refractivity contribution in [1.82, 2.24) is 0 Å². The fourth-order valence-corrected chi connectivity index (χ4v) is 9.42. The van der Waals surface area contributed by atoms with Crippen LogP contribution < -0.4 is 9.80 Å². The molecule has 4 aromatic carbocycles. The molecule has 4 aliphatic rings. The van der Waals surface area contributed by atoms with Gasteiger partial charge in [-0.15, -0.1) is 0 Å². The summed E-state index contributed by atoms with van der Waals surface area (Å²) in [5.74, 6) is -5.17. The normalized spacial score (nSPS) is 27.5. The van der Waals surface area contributed by atoms with Gasteiger partial charge in [0.15, 0.2) is 0 Å². The third kappa shape index (κ3) is 4.53. The number of carbonyl (C=O) groups excluding carboxylic acids is 4. The molecular weight excluding hydrogens is 704 g/mol. The number of nitrogens with zero attached hydrogens (tertiary/aromatic N) is 2. The minimum atomic E-state index is -1.47. The second-order valence-electron chi connectivity index (χ2n) is 13.1. The molecule has 3 fully saturated rings. The number of rotatable bonds is 5. The number of phenolic OH excluding ortho intramolecular Hbond substituents is 1. The highest BCUT2D eigenvalue weighted by molar-refractivity contribution is 9.10. The van der Waals surface area contributed by atoms with Crippen LogP contribution in [0.25, 0.3) is 6.08 Å². The maximum absolute atomic E-state index is 15.3. The number of carbonyl (C=O) groups is 4. The second-order valence-corrected chi connectivity index (χ2v) is 14.5. The molecule has 0 radical (unpaired) electrons. The fraction of sp³-hybridized carbons (Fsp3) is 0.200. The molecular formula is C40H30BrClN2O5. The standard InChI is InChI=1S/C40H30BrClN2O5/c1-2-22-11-14-26(15-12-22)43-36(46)29-17-16-28-30(34(29)38(43)48)21-32-37(47)44(27-10-6-9-25(42)20-27)39(49)40(32,23-7-4-3-5-8-23)35(28)31-19-24(41)13-18-33(31)45/h2-16,18-20,29-30,32,34-35,45H,1,17,21H2. The first-order chi connectivity index (χ1) is 23.7. The number of fused-ring (bicyclic) bond motifs is 4. The second kappa shape index (κ2) is 11.7. The third-order valence-electron chi connectivity index (χ3n) is 10.9. The maximum atomic E-state index is 15.3. The van der Waals surface area contributed by atoms with E-state index in [0.717, 1.165) is 11.1 Å². The topological polar surface area (TPSA) is 95.0 Å². The Morgan fingerprint density at radius 2 is 1.57 bits per heavy atom. The van der Waals surface area contributed by atoms with Crippen LogP contribution in [0.1, 0.15) is 35.4 Å². The number of amides is 4. The highest BCUT2D eigenvalue weighted by atomic mass is 79.9. The Labute approximate surface area is 296 Å². The van der Waals surface area contributed by atoms with E-state index in [1.807, 2.05) is 48.5 Å². The van der Waals surface area contributed by atoms with Gasteiger partial charge in [-0.1, -0.05) is 100 Å². The number of halogens is 2. The summed E-state index contributed by atoms with van der Waals surface area (Å²) in [4.78, 5) is 61.0. The first-order valence-electron chi connectivity index (χ1n) is 16.1. The molecule has 2 aliphatic heterocycles. The van der Waals surface area contributed by atoms with Crippen molar-refractivity contribution in [2.45, 2.75) is 24.2 Å². The van der Waals surface area contributed by atoms with Crippen LogP contribution in [-0.4, -0.2) is 28.7 Å². The Morgan fingerprint density at radius 1 is 0.816 bits per heavy atom. The van der Waals surface area contributed by atoms with Crippen molar-refractivity contribution < 1.29 is 24.3 Å². The summed E-state index contributed by atoms with van der Waals surface area (Å²) < 4.78 is 0.682. The Morgan fingerprint density at radius 3 is 2.29 bits per heavy atom. The van der Waals surface area contributed by atoms with Crippen molar-refractivity contribution in [3.05, 3.63) is 141 Å². The zero-order valence-electron chi connectivity index (χ0n) is 26.1. The number of imide groups is 2. The highest BCUT2D eigenvalue weighted by Gasteiger charge is 2.70. The number of aromatic hydroxyl groups is 1. The van der Waals surface area contributed by atoms with Crippen molar-refractivity contribution in [3.63, 3.8) is 0 Å². The van der Waals surface area contributed by atoms with Gasteiger partial charge in [-0.25, -0.2) is 4.90 Å². The molecule has 0 aromatic heterocycles. The lowest BCUT2D eigenvalue weighted by Crippen LogP contribution is -2.53. The number of hydrogen-bond donors (Lipinski definition) is 1. The first-order valence-corrected chi connectivity index (χ1v) is 17.3. The summed E-state index contributed by atoms with van der Waals surface area (Å²) in [6, 6.07) is 28.0. The van der Waals surface area contributed by atoms with Crippen LogP contribution in [0.2, 0.25) is 5.02 Å². The van der Waals surface area contributed by atoms with E-state index in [2.05, 4.69) is 22.5 Å². The van der Waals surface area contributed by atoms with Crippen LogP contribution in [0.4, 0.5) is 11.4 Å². The molecule has 4 amide bonds. The molecule has 0 bridgehead atoms. The molecule has 1 N–H and O–H groups in total. The van der Waals surface area contributed by atoms with Crippen molar-refractivity contribution in [1.29, 1.82) is 0 Å². The van der Waals surface area contributed by atoms with Gasteiger partial charge in [0.05, 0.1) is 34.5 Å². The van der Waals surface area contributed by atoms with Crippen molar-refractivity contribution in [2.24, 2.45) is 23.7 Å². The molecule has 49 heavy (non-hydrogen) atoms. The third-order valence-corrected chi connectivity index (χ3v) is 11.6. The van der Waals surface area contributed by atoms with Gasteiger partial charge in [0.2, 0.25) is 23.6 Å². The molecule has 6 unspecified atom stereocenters. The monoisotopic (exact) mass is 732 g/mol. The van der Waals surface area contributed by atoms with Gasteiger partial charge in [0, 0.05) is 21.0 Å². The minimum Gasteiger partial charge on any atom is -0.508 e. The van der Waals surface area contributed by atoms with Gasteiger partial charge in [-0.3, -0.25) is 24.1 Å². The van der Waals surface area contributed by atoms with E-state index < -0.39 is 46.8 Å². The number of anilines is 2. The molecule has 1 saturated carbocycles. The van der Waals surface area contributed by atoms with E-state index in [0.29, 0.717) is 32.0 Å². The predicted octanol–water partition coefficient (Wildman–Crippen LogP) is 7.82. The lowest BCUT2D eigenvalue weighted by atomic mass is 9.49. The SMILES string of the molecule is C=Cc1ccc(N2C(=O)C3CC=C4C(CC5C(=O)N(c6cccc(Cl)c6)C(=O)C5(c5ccccc5)C4c4cc(Br)ccc4O)C3C2=O)cc1. The molecule has 2 heterocycles. The van der Waals surface area contributed by atoms with Gasteiger partial charge in [0.25, 0.3) is 0 Å². The van der Waals surface area contributed by atoms with Crippen LogP contribution in [-0.2, 0) is 24.6 Å². The fourth-order valence-electron chi connectivity index (χ4n) is 8.86. The van der Waals surface area contributed by atoms with Crippen LogP contribution >= 0.6 is 27.5 Å². The largest absolute Gasteiger partial charge is 0.508 e. The van der Waals surface area contributed by atoms with Gasteiger partial charge >= 0.3 is 0 Å². The Balaban J connectivity index is 1.35. The van der Waals surface area contributed by atoms with Gasteiger partial charge < -0.3 is 5.11 Å². The van der Waals surface area contributed by atoms with Gasteiger partial charge in [-0.05, 0) is 78.4 Å². The van der Waals surface area contributed by atoms with Crippen LogP contribution in [0.5, 0.6) is 5.75 Å². The number of benzene rings is 4. The molecule has 2 saturated heterocycles. The molecule has 7 nitrogen and oxygen atoms in total. The number of allylic oxidation sites excluding steroid dienone is 2. The quantitative estimate of drug-likeness (QED) is 0.167. The lowest BCUT2D eigenvalue weighted by Gasteiger charge is -2.50. The Hall–Kier alpha value is -4.79. The van der Waals surface area contributed by atoms with Crippen molar-refractivity contribution in [3.8, 4) is 5.75 Å². The van der Waals surface area contributed by atoms with E-state index in [9.17, 15) is 19.5 Å². The summed E-state index contributed by atoms with van der Waals surface area (Å²) in [5.41, 5.74) is 2.08. The minimum absolute atomic E-state index is 0.0369. The van der Waals surface area contributed by atoms with Crippen molar-refractivity contribution >= 4 is 68.6 Å². The summed E-state index contributed by atoms with van der Waals surface area (Å²) in [5, 5.41) is 11.9. The lowest BCUT2D eigenvalue weighted by molar-refractivity contribution is -0.127. The molecule has 8 rings (SSSR count). The molecule has 9 heteroatoms. The molecule has 244 valence electrons. The molecule has 0 spiro atoms. The maximum Gasteiger partial charge on any atom is 0.246 e. The molecule has 6 atom stereocenters. The van der Waals surface area contributed by atoms with Crippen LogP contribution in [0.15, 0.2) is 120 Å². The average molecular weight is 734 g/mol. The summed E-state index contributed by atoms with van der Waals surface area (Å²) in [6.07, 6.45) is 4.12. The van der Waals surface area contributed by atoms with Gasteiger partial charge in [0.1, 0.15) is 5.75 Å². The first kappa shape index (κ1) is 31.5.